The quantitative estimate of drug-likeness (QED) is 0.676. The normalized spacial score (nSPS) is 12.6. The van der Waals surface area contributed by atoms with Gasteiger partial charge in [0.15, 0.2) is 0 Å². The Hall–Kier alpha value is -1.02. The molecular weight excluding hydrogens is 210 g/mol. The third kappa shape index (κ3) is 6.32. The summed E-state index contributed by atoms with van der Waals surface area (Å²) in [5.74, 6) is 0.347. The van der Waals surface area contributed by atoms with E-state index in [0.29, 0.717) is 11.8 Å². The first-order chi connectivity index (χ1) is 8.22. The maximum Gasteiger partial charge on any atom is 0.115 e. The van der Waals surface area contributed by atoms with Crippen LogP contribution in [0.25, 0.3) is 0 Å². The van der Waals surface area contributed by atoms with Gasteiger partial charge in [-0.25, -0.2) is 0 Å². The van der Waals surface area contributed by atoms with Gasteiger partial charge in [0.2, 0.25) is 0 Å². The number of rotatable bonds is 8. The maximum absolute atomic E-state index is 9.19. The van der Waals surface area contributed by atoms with E-state index >= 15 is 0 Å². The minimum absolute atomic E-state index is 0.347. The van der Waals surface area contributed by atoms with Crippen molar-refractivity contribution in [1.29, 1.82) is 0 Å². The second-order valence-electron chi connectivity index (χ2n) is 4.77. The minimum Gasteiger partial charge on any atom is -0.508 e. The molecule has 0 bridgehead atoms. The fourth-order valence-electron chi connectivity index (χ4n) is 1.87. The van der Waals surface area contributed by atoms with Gasteiger partial charge in [-0.1, -0.05) is 31.9 Å². The largest absolute Gasteiger partial charge is 0.508 e. The molecule has 0 saturated heterocycles. The van der Waals surface area contributed by atoms with Crippen molar-refractivity contribution in [3.8, 4) is 5.75 Å². The molecule has 2 N–H and O–H groups in total. The van der Waals surface area contributed by atoms with Crippen molar-refractivity contribution in [1.82, 2.24) is 5.32 Å². The van der Waals surface area contributed by atoms with Crippen molar-refractivity contribution in [2.75, 3.05) is 6.54 Å². The molecule has 17 heavy (non-hydrogen) atoms. The summed E-state index contributed by atoms with van der Waals surface area (Å²) in [6.07, 6.45) is 6.10. The van der Waals surface area contributed by atoms with Crippen LogP contribution in [-0.4, -0.2) is 17.7 Å². The van der Waals surface area contributed by atoms with Crippen LogP contribution in [0.15, 0.2) is 24.3 Å². The Morgan fingerprint density at radius 3 is 2.53 bits per heavy atom. The molecule has 2 heteroatoms. The molecule has 0 amide bonds. The van der Waals surface area contributed by atoms with Gasteiger partial charge in [-0.3, -0.25) is 0 Å². The molecule has 1 aromatic carbocycles. The number of phenols is 1. The SMILES string of the molecule is CCCCCNC(C)CCc1ccc(O)cc1. The second-order valence-corrected chi connectivity index (χ2v) is 4.77. The second kappa shape index (κ2) is 8.13. The predicted octanol–water partition coefficient (Wildman–Crippen LogP) is 3.49. The van der Waals surface area contributed by atoms with E-state index in [0.717, 1.165) is 19.4 Å². The molecule has 1 aromatic rings. The number of aromatic hydroxyl groups is 1. The third-order valence-electron chi connectivity index (χ3n) is 3.08. The highest BCUT2D eigenvalue weighted by Gasteiger charge is 2.01. The average Bonchev–Trinajstić information content (AvgIpc) is 2.34. The van der Waals surface area contributed by atoms with Crippen LogP contribution in [0.1, 0.15) is 45.1 Å². The molecule has 0 spiro atoms. The third-order valence-corrected chi connectivity index (χ3v) is 3.08. The van der Waals surface area contributed by atoms with E-state index in [-0.39, 0.29) is 0 Å². The van der Waals surface area contributed by atoms with Crippen molar-refractivity contribution >= 4 is 0 Å². The maximum atomic E-state index is 9.19. The number of benzene rings is 1. The van der Waals surface area contributed by atoms with Gasteiger partial charge in [-0.2, -0.15) is 0 Å². The molecule has 0 aliphatic carbocycles. The van der Waals surface area contributed by atoms with Crippen LogP contribution in [0.4, 0.5) is 0 Å². The van der Waals surface area contributed by atoms with Gasteiger partial charge < -0.3 is 10.4 Å². The summed E-state index contributed by atoms with van der Waals surface area (Å²) in [5, 5.41) is 12.7. The van der Waals surface area contributed by atoms with Crippen LogP contribution >= 0.6 is 0 Å². The number of nitrogens with one attached hydrogen (secondary N) is 1. The summed E-state index contributed by atoms with van der Waals surface area (Å²) >= 11 is 0. The molecule has 0 saturated carbocycles. The number of phenolic OH excluding ortho intramolecular Hbond substituents is 1. The van der Waals surface area contributed by atoms with Gasteiger partial charge in [-0.05, 0) is 50.4 Å². The monoisotopic (exact) mass is 235 g/mol. The Bertz CT molecular complexity index is 294. The van der Waals surface area contributed by atoms with Crippen LogP contribution in [0.3, 0.4) is 0 Å². The summed E-state index contributed by atoms with van der Waals surface area (Å²) in [6.45, 7) is 5.60. The van der Waals surface area contributed by atoms with Crippen LogP contribution in [0.5, 0.6) is 5.75 Å². The highest BCUT2D eigenvalue weighted by molar-refractivity contribution is 5.25. The summed E-state index contributed by atoms with van der Waals surface area (Å²) in [7, 11) is 0. The standard InChI is InChI=1S/C15H25NO/c1-3-4-5-12-16-13(2)6-7-14-8-10-15(17)11-9-14/h8-11,13,16-17H,3-7,12H2,1-2H3. The lowest BCUT2D eigenvalue weighted by atomic mass is 10.1. The summed E-state index contributed by atoms with van der Waals surface area (Å²) in [4.78, 5) is 0. The molecule has 0 fully saturated rings. The molecule has 0 aliphatic rings. The zero-order valence-electron chi connectivity index (χ0n) is 11.1. The van der Waals surface area contributed by atoms with Gasteiger partial charge in [0.05, 0.1) is 0 Å². The lowest BCUT2D eigenvalue weighted by molar-refractivity contribution is 0.474. The van der Waals surface area contributed by atoms with Crippen LogP contribution in [0.2, 0.25) is 0 Å². The molecule has 0 aliphatic heterocycles. The van der Waals surface area contributed by atoms with E-state index in [1.807, 2.05) is 12.1 Å². The van der Waals surface area contributed by atoms with Gasteiger partial charge >= 0.3 is 0 Å². The first-order valence-corrected chi connectivity index (χ1v) is 6.73. The molecular formula is C15H25NO. The fraction of sp³-hybridized carbons (Fsp3) is 0.600. The van der Waals surface area contributed by atoms with E-state index < -0.39 is 0 Å². The number of hydrogen-bond acceptors (Lipinski definition) is 2. The molecule has 1 atom stereocenters. The first-order valence-electron chi connectivity index (χ1n) is 6.73. The van der Waals surface area contributed by atoms with E-state index in [1.54, 1.807) is 12.1 Å². The van der Waals surface area contributed by atoms with Crippen LogP contribution in [-0.2, 0) is 6.42 Å². The zero-order chi connectivity index (χ0) is 12.5. The predicted molar refractivity (Wildman–Crippen MR) is 73.4 cm³/mol. The molecule has 2 nitrogen and oxygen atoms in total. The van der Waals surface area contributed by atoms with Crippen molar-refractivity contribution in [2.45, 2.75) is 52.0 Å². The van der Waals surface area contributed by atoms with Crippen LogP contribution < -0.4 is 5.32 Å². The lowest BCUT2D eigenvalue weighted by Gasteiger charge is -2.13. The average molecular weight is 235 g/mol. The smallest absolute Gasteiger partial charge is 0.115 e. The van der Waals surface area contributed by atoms with Crippen molar-refractivity contribution in [3.05, 3.63) is 29.8 Å². The molecule has 0 heterocycles. The molecule has 1 unspecified atom stereocenters. The number of hydrogen-bond donors (Lipinski definition) is 2. The van der Waals surface area contributed by atoms with Gasteiger partial charge in [-0.15, -0.1) is 0 Å². The summed E-state index contributed by atoms with van der Waals surface area (Å²) in [5.41, 5.74) is 1.30. The van der Waals surface area contributed by atoms with Crippen molar-refractivity contribution in [2.24, 2.45) is 0 Å². The van der Waals surface area contributed by atoms with E-state index in [4.69, 9.17) is 0 Å². The highest BCUT2D eigenvalue weighted by atomic mass is 16.3. The summed E-state index contributed by atoms with van der Waals surface area (Å²) in [6, 6.07) is 8.09. The Balaban J connectivity index is 2.14. The minimum atomic E-state index is 0.347. The Morgan fingerprint density at radius 1 is 1.18 bits per heavy atom. The summed E-state index contributed by atoms with van der Waals surface area (Å²) < 4.78 is 0. The Kier molecular flexibility index (Phi) is 6.71. The van der Waals surface area contributed by atoms with Crippen molar-refractivity contribution < 1.29 is 5.11 Å². The number of aryl methyl sites for hydroxylation is 1. The number of unbranched alkanes of at least 4 members (excludes halogenated alkanes) is 2. The van der Waals surface area contributed by atoms with E-state index in [9.17, 15) is 5.11 Å². The Morgan fingerprint density at radius 2 is 1.88 bits per heavy atom. The van der Waals surface area contributed by atoms with Gasteiger partial charge in [0.1, 0.15) is 5.75 Å². The topological polar surface area (TPSA) is 32.3 Å². The highest BCUT2D eigenvalue weighted by Crippen LogP contribution is 2.11. The van der Waals surface area contributed by atoms with E-state index in [1.165, 1.54) is 24.8 Å². The van der Waals surface area contributed by atoms with Gasteiger partial charge in [0, 0.05) is 6.04 Å². The fourth-order valence-corrected chi connectivity index (χ4v) is 1.87. The molecule has 0 radical (unpaired) electrons. The lowest BCUT2D eigenvalue weighted by Crippen LogP contribution is -2.27. The van der Waals surface area contributed by atoms with Gasteiger partial charge in [0.25, 0.3) is 0 Å². The first kappa shape index (κ1) is 14.0. The molecule has 96 valence electrons. The molecule has 0 aromatic heterocycles. The van der Waals surface area contributed by atoms with Crippen LogP contribution in [0, 0.1) is 0 Å². The van der Waals surface area contributed by atoms with Crippen molar-refractivity contribution in [3.63, 3.8) is 0 Å². The van der Waals surface area contributed by atoms with E-state index in [2.05, 4.69) is 19.2 Å². The Labute approximate surface area is 105 Å². The molecule has 1 rings (SSSR count). The zero-order valence-corrected chi connectivity index (χ0v) is 11.1.